The third-order valence-electron chi connectivity index (χ3n) is 1.74. The van der Waals surface area contributed by atoms with Gasteiger partial charge in [-0.2, -0.15) is 0 Å². The molecule has 0 saturated carbocycles. The summed E-state index contributed by atoms with van der Waals surface area (Å²) in [6.45, 7) is 1.72. The summed E-state index contributed by atoms with van der Waals surface area (Å²) < 4.78 is 15.6. The minimum atomic E-state index is -0.941. The fourth-order valence-electron chi connectivity index (χ4n) is 1.03. The Morgan fingerprint density at radius 1 is 1.64 bits per heavy atom. The maximum atomic E-state index is 11.1. The highest BCUT2D eigenvalue weighted by Crippen LogP contribution is 2.22. The smallest absolute Gasteiger partial charge is 0.334 e. The monoisotopic (exact) mass is 174 g/mol. The summed E-state index contributed by atoms with van der Waals surface area (Å²) in [6, 6.07) is 0. The van der Waals surface area contributed by atoms with E-state index in [-0.39, 0.29) is 5.97 Å². The summed E-state index contributed by atoms with van der Waals surface area (Å²) in [5, 5.41) is 0. The molecule has 3 nitrogen and oxygen atoms in total. The van der Waals surface area contributed by atoms with E-state index in [1.807, 2.05) is 0 Å². The lowest BCUT2D eigenvalue weighted by molar-refractivity contribution is -0.136. The fraction of sp³-hybridized carbons (Fsp3) is 0.571. The maximum Gasteiger partial charge on any atom is 0.334 e. The Kier molecular flexibility index (Phi) is 2.44. The van der Waals surface area contributed by atoms with E-state index in [1.165, 1.54) is 7.11 Å². The molecule has 1 aliphatic heterocycles. The molecule has 1 atom stereocenters. The lowest BCUT2D eigenvalue weighted by atomic mass is 10.2. The molecule has 4 heteroatoms. The van der Waals surface area contributed by atoms with Gasteiger partial charge in [0, 0.05) is 27.0 Å². The van der Waals surface area contributed by atoms with E-state index in [4.69, 9.17) is 0 Å². The van der Waals surface area contributed by atoms with Crippen molar-refractivity contribution in [1.29, 1.82) is 0 Å². The first-order valence-electron chi connectivity index (χ1n) is 3.33. The van der Waals surface area contributed by atoms with Crippen LogP contribution in [0, 0.1) is 0 Å². The van der Waals surface area contributed by atoms with Gasteiger partial charge in [0.1, 0.15) is 0 Å². The van der Waals surface area contributed by atoms with E-state index >= 15 is 0 Å². The van der Waals surface area contributed by atoms with Gasteiger partial charge in [0.2, 0.25) is 0 Å². The standard InChI is InChI=1S/C7H10O3S/c1-5-6(7(8)10-2)3-4-11(5)9/h3-4H2,1-2H3. The number of carbonyl (C=O) groups is 1. The van der Waals surface area contributed by atoms with Crippen molar-refractivity contribution in [3.8, 4) is 0 Å². The summed E-state index contributed by atoms with van der Waals surface area (Å²) >= 11 is 0. The van der Waals surface area contributed by atoms with Crippen LogP contribution in [-0.4, -0.2) is 23.0 Å². The van der Waals surface area contributed by atoms with E-state index in [0.29, 0.717) is 22.7 Å². The Hall–Kier alpha value is -0.640. The molecule has 0 saturated heterocycles. The average Bonchev–Trinajstić information content (AvgIpc) is 2.32. The summed E-state index contributed by atoms with van der Waals surface area (Å²) in [4.78, 5) is 11.6. The molecule has 0 fully saturated rings. The van der Waals surface area contributed by atoms with Gasteiger partial charge in [-0.3, -0.25) is 4.21 Å². The second kappa shape index (κ2) is 3.17. The van der Waals surface area contributed by atoms with Gasteiger partial charge in [-0.25, -0.2) is 4.79 Å². The summed E-state index contributed by atoms with van der Waals surface area (Å²) in [7, 11) is 0.396. The molecule has 0 aromatic rings. The Morgan fingerprint density at radius 2 is 2.27 bits per heavy atom. The normalized spacial score (nSPS) is 24.0. The molecule has 0 N–H and O–H groups in total. The number of hydrogen-bond donors (Lipinski definition) is 0. The topological polar surface area (TPSA) is 43.4 Å². The molecule has 1 rings (SSSR count). The molecule has 1 heterocycles. The first-order chi connectivity index (χ1) is 5.16. The molecule has 62 valence electrons. The van der Waals surface area contributed by atoms with Gasteiger partial charge in [-0.15, -0.1) is 0 Å². The predicted octanol–water partition coefficient (Wildman–Crippen LogP) is 0.586. The minimum Gasteiger partial charge on any atom is -0.466 e. The molecule has 0 aliphatic carbocycles. The molecular formula is C7H10O3S. The Labute approximate surface area is 67.9 Å². The molecular weight excluding hydrogens is 164 g/mol. The largest absolute Gasteiger partial charge is 0.466 e. The van der Waals surface area contributed by atoms with Gasteiger partial charge in [0.15, 0.2) is 0 Å². The SMILES string of the molecule is COC(=O)C1=C(C)S(=O)CC1. The van der Waals surface area contributed by atoms with Crippen molar-refractivity contribution < 1.29 is 13.7 Å². The zero-order valence-electron chi connectivity index (χ0n) is 6.55. The number of carbonyl (C=O) groups excluding carboxylic acids is 1. The molecule has 0 aromatic carbocycles. The van der Waals surface area contributed by atoms with Crippen LogP contribution in [0.4, 0.5) is 0 Å². The van der Waals surface area contributed by atoms with Crippen molar-refractivity contribution in [2.75, 3.05) is 12.9 Å². The molecule has 0 radical (unpaired) electrons. The maximum absolute atomic E-state index is 11.1. The third kappa shape index (κ3) is 1.50. The Morgan fingerprint density at radius 3 is 2.64 bits per heavy atom. The highest BCUT2D eigenvalue weighted by molar-refractivity contribution is 7.89. The van der Waals surface area contributed by atoms with E-state index in [1.54, 1.807) is 6.92 Å². The Bertz CT molecular complexity index is 242. The third-order valence-corrected chi connectivity index (χ3v) is 3.24. The molecule has 0 aromatic heterocycles. The van der Waals surface area contributed by atoms with Gasteiger partial charge in [0.25, 0.3) is 0 Å². The Balaban J connectivity index is 2.88. The zero-order chi connectivity index (χ0) is 8.43. The zero-order valence-corrected chi connectivity index (χ0v) is 7.36. The van der Waals surface area contributed by atoms with Gasteiger partial charge in [-0.1, -0.05) is 0 Å². The van der Waals surface area contributed by atoms with Gasteiger partial charge in [-0.05, 0) is 13.3 Å². The van der Waals surface area contributed by atoms with Crippen LogP contribution in [0.15, 0.2) is 10.5 Å². The van der Waals surface area contributed by atoms with Crippen molar-refractivity contribution in [3.63, 3.8) is 0 Å². The number of ether oxygens (including phenoxy) is 1. The van der Waals surface area contributed by atoms with Crippen molar-refractivity contribution in [3.05, 3.63) is 10.5 Å². The predicted molar refractivity (Wildman–Crippen MR) is 42.3 cm³/mol. The van der Waals surface area contributed by atoms with Gasteiger partial charge >= 0.3 is 5.97 Å². The first-order valence-corrected chi connectivity index (χ1v) is 4.65. The van der Waals surface area contributed by atoms with Crippen molar-refractivity contribution in [2.45, 2.75) is 13.3 Å². The van der Waals surface area contributed by atoms with E-state index in [9.17, 15) is 9.00 Å². The number of hydrogen-bond acceptors (Lipinski definition) is 3. The van der Waals surface area contributed by atoms with Crippen molar-refractivity contribution >= 4 is 16.8 Å². The van der Waals surface area contributed by atoms with Gasteiger partial charge in [0.05, 0.1) is 7.11 Å². The molecule has 0 amide bonds. The van der Waals surface area contributed by atoms with Crippen LogP contribution in [0.25, 0.3) is 0 Å². The fourth-order valence-corrected chi connectivity index (χ4v) is 2.19. The molecule has 1 unspecified atom stereocenters. The highest BCUT2D eigenvalue weighted by atomic mass is 32.2. The molecule has 1 aliphatic rings. The summed E-state index contributed by atoms with van der Waals surface area (Å²) in [5.41, 5.74) is 0.589. The second-order valence-corrected chi connectivity index (χ2v) is 4.04. The lowest BCUT2D eigenvalue weighted by Crippen LogP contribution is -2.03. The second-order valence-electron chi connectivity index (χ2n) is 2.33. The quantitative estimate of drug-likeness (QED) is 0.546. The van der Waals surface area contributed by atoms with Crippen LogP contribution in [0.1, 0.15) is 13.3 Å². The minimum absolute atomic E-state index is 0.339. The van der Waals surface area contributed by atoms with E-state index < -0.39 is 10.8 Å². The number of rotatable bonds is 1. The number of allylic oxidation sites excluding steroid dienone is 1. The van der Waals surface area contributed by atoms with Crippen molar-refractivity contribution in [2.24, 2.45) is 0 Å². The van der Waals surface area contributed by atoms with E-state index in [2.05, 4.69) is 4.74 Å². The van der Waals surface area contributed by atoms with Crippen LogP contribution in [-0.2, 0) is 20.3 Å². The van der Waals surface area contributed by atoms with Crippen LogP contribution < -0.4 is 0 Å². The van der Waals surface area contributed by atoms with E-state index in [0.717, 1.165) is 0 Å². The number of methoxy groups -OCH3 is 1. The van der Waals surface area contributed by atoms with Gasteiger partial charge < -0.3 is 4.74 Å². The molecule has 0 bridgehead atoms. The number of esters is 1. The van der Waals surface area contributed by atoms with Crippen LogP contribution in [0.5, 0.6) is 0 Å². The molecule has 0 spiro atoms. The molecule has 11 heavy (non-hydrogen) atoms. The summed E-state index contributed by atoms with van der Waals surface area (Å²) in [5.74, 6) is 0.226. The lowest BCUT2D eigenvalue weighted by Gasteiger charge is -1.97. The first kappa shape index (κ1) is 8.46. The van der Waals surface area contributed by atoms with Crippen LogP contribution >= 0.6 is 0 Å². The van der Waals surface area contributed by atoms with Crippen LogP contribution in [0.3, 0.4) is 0 Å². The highest BCUT2D eigenvalue weighted by Gasteiger charge is 2.23. The summed E-state index contributed by atoms with van der Waals surface area (Å²) in [6.07, 6.45) is 0.588. The van der Waals surface area contributed by atoms with Crippen molar-refractivity contribution in [1.82, 2.24) is 0 Å². The average molecular weight is 174 g/mol. The van der Waals surface area contributed by atoms with Crippen LogP contribution in [0.2, 0.25) is 0 Å².